The Kier molecular flexibility index (Phi) is 3.20. The van der Waals surface area contributed by atoms with E-state index in [1.807, 2.05) is 23.8 Å². The van der Waals surface area contributed by atoms with Crippen LogP contribution in [0.15, 0.2) is 48.5 Å². The van der Waals surface area contributed by atoms with Crippen LogP contribution in [-0.4, -0.2) is 19.7 Å². The first kappa shape index (κ1) is 11.8. The third-order valence-corrected chi connectivity index (χ3v) is 3.48. The minimum atomic E-state index is 0.913. The Morgan fingerprint density at radius 3 is 2.95 bits per heavy atom. The number of aromatic nitrogens is 4. The molecule has 0 unspecified atom stereocenters. The summed E-state index contributed by atoms with van der Waals surface area (Å²) in [4.78, 5) is 4.11. The summed E-state index contributed by atoms with van der Waals surface area (Å²) < 4.78 is 1.99. The van der Waals surface area contributed by atoms with E-state index >= 15 is 0 Å². The van der Waals surface area contributed by atoms with E-state index in [0.29, 0.717) is 0 Å². The average molecular weight is 268 g/mol. The van der Waals surface area contributed by atoms with Crippen LogP contribution in [0, 0.1) is 0 Å². The molecule has 0 atom stereocenters. The van der Waals surface area contributed by atoms with Gasteiger partial charge in [0.1, 0.15) is 10.5 Å². The van der Waals surface area contributed by atoms with Gasteiger partial charge in [0.05, 0.1) is 12.0 Å². The second-order valence-electron chi connectivity index (χ2n) is 3.99. The van der Waals surface area contributed by atoms with Gasteiger partial charge in [-0.1, -0.05) is 29.6 Å². The van der Waals surface area contributed by atoms with Gasteiger partial charge >= 0.3 is 0 Å². The zero-order valence-electron chi connectivity index (χ0n) is 10.4. The normalized spacial score (nSPS) is 11.2. The Morgan fingerprint density at radius 2 is 2.26 bits per heavy atom. The van der Waals surface area contributed by atoms with Crippen molar-refractivity contribution in [2.45, 2.75) is 6.92 Å². The van der Waals surface area contributed by atoms with E-state index in [-0.39, 0.29) is 0 Å². The first-order chi connectivity index (χ1) is 9.38. The summed E-state index contributed by atoms with van der Waals surface area (Å²) in [6.07, 6.45) is 9.59. The maximum Gasteiger partial charge on any atom is 0.149 e. The maximum absolute atomic E-state index is 4.15. The van der Waals surface area contributed by atoms with E-state index in [1.165, 1.54) is 11.3 Å². The van der Waals surface area contributed by atoms with Crippen molar-refractivity contribution in [3.8, 4) is 16.3 Å². The van der Waals surface area contributed by atoms with Crippen LogP contribution < -0.4 is 0 Å². The Morgan fingerprint density at radius 1 is 1.32 bits per heavy atom. The van der Waals surface area contributed by atoms with Gasteiger partial charge in [-0.25, -0.2) is 4.98 Å². The third-order valence-electron chi connectivity index (χ3n) is 2.75. The monoisotopic (exact) mass is 268 g/mol. The van der Waals surface area contributed by atoms with Crippen molar-refractivity contribution < 1.29 is 0 Å². The third kappa shape index (κ3) is 2.32. The summed E-state index contributed by atoms with van der Waals surface area (Å²) in [5, 5.41) is 8.97. The van der Waals surface area contributed by atoms with Crippen LogP contribution in [0.4, 0.5) is 0 Å². The summed E-state index contributed by atoms with van der Waals surface area (Å²) in [6.45, 7) is 2.01. The fourth-order valence-corrected chi connectivity index (χ4v) is 2.52. The largest absolute Gasteiger partial charge is 0.306 e. The second-order valence-corrected chi connectivity index (χ2v) is 4.82. The van der Waals surface area contributed by atoms with Gasteiger partial charge < -0.3 is 4.57 Å². The van der Waals surface area contributed by atoms with Crippen molar-refractivity contribution in [2.24, 2.45) is 0 Å². The molecule has 94 valence electrons. The molecule has 5 heteroatoms. The molecule has 0 saturated carbocycles. The summed E-state index contributed by atoms with van der Waals surface area (Å²) in [5.41, 5.74) is 5.02. The Labute approximate surface area is 115 Å². The molecule has 2 heterocycles. The van der Waals surface area contributed by atoms with Gasteiger partial charge in [0.15, 0.2) is 0 Å². The van der Waals surface area contributed by atoms with Crippen LogP contribution in [0.5, 0.6) is 0 Å². The fourth-order valence-electron chi connectivity index (χ4n) is 1.93. The Hall–Kier alpha value is -2.27. The minimum Gasteiger partial charge on any atom is -0.306 e. The lowest BCUT2D eigenvalue weighted by Crippen LogP contribution is -1.95. The smallest absolute Gasteiger partial charge is 0.149 e. The van der Waals surface area contributed by atoms with Crippen molar-refractivity contribution in [3.05, 3.63) is 54.1 Å². The number of benzene rings is 1. The van der Waals surface area contributed by atoms with Crippen LogP contribution in [0.3, 0.4) is 0 Å². The highest BCUT2D eigenvalue weighted by atomic mass is 32.1. The van der Waals surface area contributed by atoms with Crippen molar-refractivity contribution in [2.75, 3.05) is 0 Å². The summed E-state index contributed by atoms with van der Waals surface area (Å²) in [7, 11) is 0. The molecule has 0 amide bonds. The van der Waals surface area contributed by atoms with Crippen LogP contribution in [0.2, 0.25) is 0 Å². The average Bonchev–Trinajstić information content (AvgIpc) is 3.13. The van der Waals surface area contributed by atoms with E-state index in [0.717, 1.165) is 21.8 Å². The minimum absolute atomic E-state index is 0.913. The summed E-state index contributed by atoms with van der Waals surface area (Å²) in [6, 6.07) is 6.28. The highest BCUT2D eigenvalue weighted by Gasteiger charge is 2.10. The van der Waals surface area contributed by atoms with Gasteiger partial charge in [0.2, 0.25) is 0 Å². The lowest BCUT2D eigenvalue weighted by Gasteiger charge is -2.09. The predicted molar refractivity (Wildman–Crippen MR) is 77.2 cm³/mol. The molecular formula is C14H12N4S. The molecule has 0 bridgehead atoms. The zero-order chi connectivity index (χ0) is 13.1. The topological polar surface area (TPSA) is 43.6 Å². The number of hydrogen-bond donors (Lipinski definition) is 0. The molecule has 2 aromatic heterocycles. The zero-order valence-corrected chi connectivity index (χ0v) is 11.2. The van der Waals surface area contributed by atoms with Gasteiger partial charge in [-0.2, -0.15) is 0 Å². The molecule has 0 aliphatic rings. The number of nitrogens with zero attached hydrogens (tertiary/aromatic N) is 4. The molecule has 0 N–H and O–H groups in total. The Balaban J connectivity index is 2.19. The van der Waals surface area contributed by atoms with E-state index in [2.05, 4.69) is 39.5 Å². The quantitative estimate of drug-likeness (QED) is 0.731. The fraction of sp³-hybridized carbons (Fsp3) is 0.0714. The standard InChI is InChI=1S/C14H12N4S/c1-2-3-11-4-5-12(14-17-16-10-19-14)13(8-11)18-7-6-15-9-18/h2-10H,1H3/b3-2+. The number of hydrogen-bond acceptors (Lipinski definition) is 4. The molecular weight excluding hydrogens is 256 g/mol. The molecule has 0 aliphatic heterocycles. The van der Waals surface area contributed by atoms with E-state index in [4.69, 9.17) is 0 Å². The van der Waals surface area contributed by atoms with Crippen LogP contribution >= 0.6 is 11.3 Å². The van der Waals surface area contributed by atoms with Gasteiger partial charge in [-0.05, 0) is 24.6 Å². The molecule has 1 aromatic carbocycles. The van der Waals surface area contributed by atoms with E-state index in [9.17, 15) is 0 Å². The maximum atomic E-state index is 4.15. The molecule has 4 nitrogen and oxygen atoms in total. The van der Waals surface area contributed by atoms with Crippen LogP contribution in [0.1, 0.15) is 12.5 Å². The van der Waals surface area contributed by atoms with Gasteiger partial charge in [0.25, 0.3) is 0 Å². The summed E-state index contributed by atoms with van der Waals surface area (Å²) >= 11 is 1.53. The predicted octanol–water partition coefficient (Wildman–Crippen LogP) is 3.42. The first-order valence-corrected chi connectivity index (χ1v) is 6.78. The molecule has 3 rings (SSSR count). The summed E-state index contributed by atoms with van der Waals surface area (Å²) in [5.74, 6) is 0. The van der Waals surface area contributed by atoms with Crippen LogP contribution in [-0.2, 0) is 0 Å². The van der Waals surface area contributed by atoms with Gasteiger partial charge in [-0.3, -0.25) is 0 Å². The SMILES string of the molecule is C/C=C/c1ccc(-c2nncs2)c(-n2ccnc2)c1. The molecule has 19 heavy (non-hydrogen) atoms. The lowest BCUT2D eigenvalue weighted by atomic mass is 10.1. The highest BCUT2D eigenvalue weighted by Crippen LogP contribution is 2.29. The molecule has 0 radical (unpaired) electrons. The lowest BCUT2D eigenvalue weighted by molar-refractivity contribution is 1.05. The molecule has 0 fully saturated rings. The van der Waals surface area contributed by atoms with E-state index < -0.39 is 0 Å². The van der Waals surface area contributed by atoms with Gasteiger partial charge in [0, 0.05) is 18.0 Å². The van der Waals surface area contributed by atoms with E-state index in [1.54, 1.807) is 18.0 Å². The van der Waals surface area contributed by atoms with Crippen molar-refractivity contribution in [1.29, 1.82) is 0 Å². The van der Waals surface area contributed by atoms with Crippen LogP contribution in [0.25, 0.3) is 22.3 Å². The molecule has 0 saturated heterocycles. The van der Waals surface area contributed by atoms with Crippen molar-refractivity contribution >= 4 is 17.4 Å². The van der Waals surface area contributed by atoms with Gasteiger partial charge in [-0.15, -0.1) is 10.2 Å². The number of rotatable bonds is 3. The molecule has 0 aliphatic carbocycles. The molecule has 0 spiro atoms. The number of imidazole rings is 1. The molecule has 3 aromatic rings. The first-order valence-electron chi connectivity index (χ1n) is 5.90. The number of allylic oxidation sites excluding steroid dienone is 1. The van der Waals surface area contributed by atoms with Crippen molar-refractivity contribution in [1.82, 2.24) is 19.7 Å². The second kappa shape index (κ2) is 5.16. The highest BCUT2D eigenvalue weighted by molar-refractivity contribution is 7.12. The Bertz CT molecular complexity index is 684. The van der Waals surface area contributed by atoms with Crippen molar-refractivity contribution in [3.63, 3.8) is 0 Å².